The van der Waals surface area contributed by atoms with Crippen LogP contribution in [-0.2, 0) is 9.84 Å². The van der Waals surface area contributed by atoms with Crippen molar-refractivity contribution in [2.24, 2.45) is 0 Å². The first kappa shape index (κ1) is 15.8. The van der Waals surface area contributed by atoms with E-state index in [4.69, 9.17) is 11.6 Å². The summed E-state index contributed by atoms with van der Waals surface area (Å²) in [6.07, 6.45) is 1.55. The van der Waals surface area contributed by atoms with Gasteiger partial charge in [-0.25, -0.2) is 8.42 Å². The molecule has 0 fully saturated rings. The molecular weight excluding hydrogens is 334 g/mol. The number of rotatable bonds is 3. The van der Waals surface area contributed by atoms with Crippen molar-refractivity contribution in [2.75, 3.05) is 10.7 Å². The zero-order valence-corrected chi connectivity index (χ0v) is 13.7. The van der Waals surface area contributed by atoms with Crippen LogP contribution in [0.5, 0.6) is 0 Å². The highest BCUT2D eigenvalue weighted by Gasteiger charge is 2.31. The van der Waals surface area contributed by atoms with Crippen LogP contribution in [0.15, 0.2) is 66.1 Å². The molecule has 0 N–H and O–H groups in total. The average Bonchev–Trinajstić information content (AvgIpc) is 2.89. The molecule has 0 spiro atoms. The number of carbonyl (C=O) groups is 1. The number of benzene rings is 2. The van der Waals surface area contributed by atoms with Crippen molar-refractivity contribution in [3.05, 3.63) is 76.7 Å². The predicted molar refractivity (Wildman–Crippen MR) is 91.4 cm³/mol. The molecular formula is C17H14ClNO3S. The highest BCUT2D eigenvalue weighted by atomic mass is 35.5. The summed E-state index contributed by atoms with van der Waals surface area (Å²) in [7, 11) is -3.27. The van der Waals surface area contributed by atoms with Crippen LogP contribution in [0.1, 0.15) is 10.4 Å². The summed E-state index contributed by atoms with van der Waals surface area (Å²) in [5.41, 5.74) is 1.11. The zero-order chi connectivity index (χ0) is 16.4. The Hall–Kier alpha value is -2.11. The minimum atomic E-state index is -3.27. The molecule has 23 heavy (non-hydrogen) atoms. The normalized spacial score (nSPS) is 18.7. The lowest BCUT2D eigenvalue weighted by molar-refractivity contribution is 0.0983. The maximum atomic E-state index is 12.9. The molecule has 0 bridgehead atoms. The molecule has 0 saturated carbocycles. The molecule has 1 aliphatic rings. The van der Waals surface area contributed by atoms with E-state index < -0.39 is 15.9 Å². The molecule has 1 amide bonds. The molecule has 1 heterocycles. The third-order valence-corrected chi connectivity index (χ3v) is 5.22. The van der Waals surface area contributed by atoms with Crippen LogP contribution in [0.3, 0.4) is 0 Å². The standard InChI is InChI=1S/C17H14ClNO3S/c18-14-8-6-13(7-9-14)17(20)19(15-4-2-1-3-5-15)16-10-11-23(21,22)12-16/h1-11,16H,12H2/t16-/m0/s1. The first-order valence-corrected chi connectivity index (χ1v) is 9.11. The van der Waals surface area contributed by atoms with E-state index in [-0.39, 0.29) is 11.7 Å². The van der Waals surface area contributed by atoms with Gasteiger partial charge in [0.2, 0.25) is 0 Å². The van der Waals surface area contributed by atoms with Crippen LogP contribution >= 0.6 is 11.6 Å². The Morgan fingerprint density at radius 2 is 1.70 bits per heavy atom. The minimum absolute atomic E-state index is 0.110. The third-order valence-electron chi connectivity index (χ3n) is 3.59. The molecule has 0 radical (unpaired) electrons. The van der Waals surface area contributed by atoms with Crippen molar-refractivity contribution in [1.82, 2.24) is 0 Å². The number of para-hydroxylation sites is 1. The molecule has 0 saturated heterocycles. The molecule has 0 unspecified atom stereocenters. The van der Waals surface area contributed by atoms with Gasteiger partial charge in [0.15, 0.2) is 9.84 Å². The molecule has 118 valence electrons. The Balaban J connectivity index is 2.00. The Labute approximate surface area is 139 Å². The number of carbonyl (C=O) groups excluding carboxylic acids is 1. The van der Waals surface area contributed by atoms with E-state index in [9.17, 15) is 13.2 Å². The molecule has 1 aliphatic heterocycles. The van der Waals surface area contributed by atoms with Gasteiger partial charge in [0.1, 0.15) is 0 Å². The smallest absolute Gasteiger partial charge is 0.258 e. The predicted octanol–water partition coefficient (Wildman–Crippen LogP) is 3.30. The van der Waals surface area contributed by atoms with Crippen molar-refractivity contribution in [3.63, 3.8) is 0 Å². The number of amides is 1. The molecule has 6 heteroatoms. The Morgan fingerprint density at radius 1 is 1.04 bits per heavy atom. The van der Waals surface area contributed by atoms with Gasteiger partial charge < -0.3 is 4.90 Å². The monoisotopic (exact) mass is 347 g/mol. The highest BCUT2D eigenvalue weighted by Crippen LogP contribution is 2.25. The van der Waals surface area contributed by atoms with Crippen molar-refractivity contribution >= 4 is 33.0 Å². The van der Waals surface area contributed by atoms with E-state index >= 15 is 0 Å². The molecule has 0 aromatic heterocycles. The largest absolute Gasteiger partial charge is 0.300 e. The maximum Gasteiger partial charge on any atom is 0.258 e. The van der Waals surface area contributed by atoms with E-state index in [0.717, 1.165) is 0 Å². The van der Waals surface area contributed by atoms with Gasteiger partial charge in [-0.05, 0) is 42.5 Å². The molecule has 2 aromatic rings. The van der Waals surface area contributed by atoms with E-state index in [2.05, 4.69) is 0 Å². The topological polar surface area (TPSA) is 54.5 Å². The summed E-state index contributed by atoms with van der Waals surface area (Å²) in [6, 6.07) is 15.1. The molecule has 2 aromatic carbocycles. The van der Waals surface area contributed by atoms with Crippen molar-refractivity contribution in [1.29, 1.82) is 0 Å². The lowest BCUT2D eigenvalue weighted by Crippen LogP contribution is -2.41. The first-order valence-electron chi connectivity index (χ1n) is 7.01. The van der Waals surface area contributed by atoms with Gasteiger partial charge in [-0.15, -0.1) is 0 Å². The van der Waals surface area contributed by atoms with E-state index in [1.54, 1.807) is 42.5 Å². The number of hydrogen-bond acceptors (Lipinski definition) is 3. The Bertz CT molecular complexity index is 845. The van der Waals surface area contributed by atoms with Crippen LogP contribution in [0, 0.1) is 0 Å². The number of anilines is 1. The van der Waals surface area contributed by atoms with Crippen molar-refractivity contribution < 1.29 is 13.2 Å². The molecule has 0 aliphatic carbocycles. The van der Waals surface area contributed by atoms with E-state index in [1.165, 1.54) is 10.3 Å². The van der Waals surface area contributed by atoms with Gasteiger partial charge in [0, 0.05) is 21.7 Å². The third kappa shape index (κ3) is 3.46. The van der Waals surface area contributed by atoms with Crippen molar-refractivity contribution in [2.45, 2.75) is 6.04 Å². The summed E-state index contributed by atoms with van der Waals surface area (Å²) in [4.78, 5) is 14.4. The number of hydrogen-bond donors (Lipinski definition) is 0. The van der Waals surface area contributed by atoms with Gasteiger partial charge in [-0.3, -0.25) is 4.79 Å². The Kier molecular flexibility index (Phi) is 4.24. The number of nitrogens with zero attached hydrogens (tertiary/aromatic N) is 1. The number of halogens is 1. The molecule has 3 rings (SSSR count). The fourth-order valence-electron chi connectivity index (χ4n) is 2.50. The van der Waals surface area contributed by atoms with Crippen LogP contribution in [0.25, 0.3) is 0 Å². The van der Waals surface area contributed by atoms with E-state index in [0.29, 0.717) is 16.3 Å². The highest BCUT2D eigenvalue weighted by molar-refractivity contribution is 7.94. The van der Waals surface area contributed by atoms with Gasteiger partial charge in [-0.2, -0.15) is 0 Å². The lowest BCUT2D eigenvalue weighted by Gasteiger charge is -2.27. The van der Waals surface area contributed by atoms with Gasteiger partial charge >= 0.3 is 0 Å². The average molecular weight is 348 g/mol. The van der Waals surface area contributed by atoms with Crippen LogP contribution in [0.2, 0.25) is 5.02 Å². The zero-order valence-electron chi connectivity index (χ0n) is 12.1. The fraction of sp³-hybridized carbons (Fsp3) is 0.118. The van der Waals surface area contributed by atoms with E-state index in [1.807, 2.05) is 18.2 Å². The van der Waals surface area contributed by atoms with Crippen LogP contribution in [0.4, 0.5) is 5.69 Å². The molecule has 4 nitrogen and oxygen atoms in total. The SMILES string of the molecule is O=C(c1ccc(Cl)cc1)N(c1ccccc1)[C@H]1C=CS(=O)(=O)C1. The van der Waals surface area contributed by atoms with Crippen molar-refractivity contribution in [3.8, 4) is 0 Å². The molecule has 1 atom stereocenters. The van der Waals surface area contributed by atoms with Gasteiger partial charge in [-0.1, -0.05) is 29.8 Å². The van der Waals surface area contributed by atoms with Gasteiger partial charge in [0.25, 0.3) is 5.91 Å². The fourth-order valence-corrected chi connectivity index (χ4v) is 3.89. The van der Waals surface area contributed by atoms with Crippen LogP contribution in [-0.4, -0.2) is 26.1 Å². The summed E-state index contributed by atoms with van der Waals surface area (Å²) in [5, 5.41) is 1.71. The van der Waals surface area contributed by atoms with Crippen LogP contribution < -0.4 is 4.90 Å². The second-order valence-corrected chi connectivity index (χ2v) is 7.61. The Morgan fingerprint density at radius 3 is 2.26 bits per heavy atom. The van der Waals surface area contributed by atoms with Gasteiger partial charge in [0.05, 0.1) is 11.8 Å². The summed E-state index contributed by atoms with van der Waals surface area (Å²) in [6.45, 7) is 0. The lowest BCUT2D eigenvalue weighted by atomic mass is 10.1. The minimum Gasteiger partial charge on any atom is -0.300 e. The summed E-state index contributed by atoms with van der Waals surface area (Å²) in [5.74, 6) is -0.374. The quantitative estimate of drug-likeness (QED) is 0.856. The summed E-state index contributed by atoms with van der Waals surface area (Å²) >= 11 is 5.86. The second-order valence-electron chi connectivity index (χ2n) is 5.24. The summed E-state index contributed by atoms with van der Waals surface area (Å²) < 4.78 is 23.5. The second kappa shape index (κ2) is 6.18. The first-order chi connectivity index (χ1) is 11.0. The maximum absolute atomic E-state index is 12.9. The number of sulfone groups is 1.